The van der Waals surface area contributed by atoms with E-state index in [2.05, 4.69) is 35.4 Å². The molecule has 110 valence electrons. The molecule has 2 atom stereocenters. The number of benzene rings is 1. The topological polar surface area (TPSA) is 46.9 Å². The molecule has 0 radical (unpaired) electrons. The summed E-state index contributed by atoms with van der Waals surface area (Å²) in [7, 11) is 1.97. The van der Waals surface area contributed by atoms with Gasteiger partial charge in [-0.3, -0.25) is 4.79 Å². The summed E-state index contributed by atoms with van der Waals surface area (Å²) >= 11 is 0. The van der Waals surface area contributed by atoms with Crippen LogP contribution in [0.5, 0.6) is 0 Å². The highest BCUT2D eigenvalue weighted by Crippen LogP contribution is 2.48. The van der Waals surface area contributed by atoms with Gasteiger partial charge in [-0.2, -0.15) is 0 Å². The van der Waals surface area contributed by atoms with Crippen molar-refractivity contribution in [3.63, 3.8) is 0 Å². The third-order valence-electron chi connectivity index (χ3n) is 4.28. The molecule has 3 rings (SSSR count). The molecular weight excluding hydrogens is 262 g/mol. The van der Waals surface area contributed by atoms with E-state index in [1.165, 1.54) is 11.1 Å². The molecule has 0 aliphatic heterocycles. The van der Waals surface area contributed by atoms with Gasteiger partial charge in [0.15, 0.2) is 0 Å². The minimum Gasteiger partial charge on any atom is -0.355 e. The standard InChI is InChI=1S/C17H21N3O/c1-12-5-3-4-6-13(12)14-11-15(14)17(21)19-8-7-16-18-9-10-20(16)2/h3-6,9-10,14-15H,7-8,11H2,1-2H3,(H,19,21). The first-order valence-corrected chi connectivity index (χ1v) is 7.46. The molecule has 1 aromatic heterocycles. The summed E-state index contributed by atoms with van der Waals surface area (Å²) in [4.78, 5) is 16.4. The Balaban J connectivity index is 1.50. The summed E-state index contributed by atoms with van der Waals surface area (Å²) in [6, 6.07) is 8.35. The zero-order chi connectivity index (χ0) is 14.8. The normalized spacial score (nSPS) is 20.3. The molecule has 1 fully saturated rings. The van der Waals surface area contributed by atoms with Crippen LogP contribution in [-0.2, 0) is 18.3 Å². The molecule has 4 heteroatoms. The van der Waals surface area contributed by atoms with Gasteiger partial charge in [-0.15, -0.1) is 0 Å². The smallest absolute Gasteiger partial charge is 0.223 e. The van der Waals surface area contributed by atoms with Crippen LogP contribution in [0.1, 0.15) is 29.3 Å². The van der Waals surface area contributed by atoms with E-state index in [-0.39, 0.29) is 11.8 Å². The first-order chi connectivity index (χ1) is 10.2. The van der Waals surface area contributed by atoms with E-state index in [9.17, 15) is 4.79 Å². The van der Waals surface area contributed by atoms with E-state index < -0.39 is 0 Å². The number of nitrogens with one attached hydrogen (secondary N) is 1. The molecule has 1 N–H and O–H groups in total. The van der Waals surface area contributed by atoms with E-state index in [0.29, 0.717) is 12.5 Å². The van der Waals surface area contributed by atoms with Gasteiger partial charge in [-0.25, -0.2) is 4.98 Å². The molecule has 0 bridgehead atoms. The van der Waals surface area contributed by atoms with Crippen LogP contribution in [0, 0.1) is 12.8 Å². The molecule has 1 aliphatic carbocycles. The van der Waals surface area contributed by atoms with Crippen LogP contribution in [0.25, 0.3) is 0 Å². The largest absolute Gasteiger partial charge is 0.355 e. The third-order valence-corrected chi connectivity index (χ3v) is 4.28. The Morgan fingerprint density at radius 2 is 2.24 bits per heavy atom. The van der Waals surface area contributed by atoms with Gasteiger partial charge in [0, 0.05) is 38.3 Å². The average Bonchev–Trinajstić information content (AvgIpc) is 3.17. The van der Waals surface area contributed by atoms with Crippen molar-refractivity contribution in [2.24, 2.45) is 13.0 Å². The van der Waals surface area contributed by atoms with Crippen LogP contribution < -0.4 is 5.32 Å². The highest BCUT2D eigenvalue weighted by molar-refractivity contribution is 5.83. The van der Waals surface area contributed by atoms with Crippen LogP contribution in [0.3, 0.4) is 0 Å². The first-order valence-electron chi connectivity index (χ1n) is 7.46. The van der Waals surface area contributed by atoms with Gasteiger partial charge < -0.3 is 9.88 Å². The molecule has 1 heterocycles. The molecule has 4 nitrogen and oxygen atoms in total. The van der Waals surface area contributed by atoms with Gasteiger partial charge in [0.25, 0.3) is 0 Å². The van der Waals surface area contributed by atoms with Crippen molar-refractivity contribution in [1.29, 1.82) is 0 Å². The predicted molar refractivity (Wildman–Crippen MR) is 81.9 cm³/mol. The van der Waals surface area contributed by atoms with Crippen LogP contribution in [0.15, 0.2) is 36.7 Å². The maximum atomic E-state index is 12.2. The van der Waals surface area contributed by atoms with E-state index in [1.54, 1.807) is 6.20 Å². The number of hydrogen-bond donors (Lipinski definition) is 1. The molecule has 2 aromatic rings. The Hall–Kier alpha value is -2.10. The first kappa shape index (κ1) is 13.9. The van der Waals surface area contributed by atoms with E-state index in [0.717, 1.165) is 18.7 Å². The van der Waals surface area contributed by atoms with Crippen LogP contribution in [-0.4, -0.2) is 22.0 Å². The van der Waals surface area contributed by atoms with E-state index in [4.69, 9.17) is 0 Å². The van der Waals surface area contributed by atoms with Crippen LogP contribution in [0.2, 0.25) is 0 Å². The third kappa shape index (κ3) is 2.99. The van der Waals surface area contributed by atoms with Gasteiger partial charge in [-0.05, 0) is 30.4 Å². The monoisotopic (exact) mass is 283 g/mol. The van der Waals surface area contributed by atoms with Gasteiger partial charge in [-0.1, -0.05) is 24.3 Å². The summed E-state index contributed by atoms with van der Waals surface area (Å²) in [6.45, 7) is 2.77. The number of nitrogens with zero attached hydrogens (tertiary/aromatic N) is 2. The number of rotatable bonds is 5. The Labute approximate surface area is 125 Å². The molecule has 2 unspecified atom stereocenters. The van der Waals surface area contributed by atoms with Crippen LogP contribution in [0.4, 0.5) is 0 Å². The quantitative estimate of drug-likeness (QED) is 0.914. The van der Waals surface area contributed by atoms with Crippen molar-refractivity contribution in [3.8, 4) is 0 Å². The Morgan fingerprint density at radius 3 is 2.95 bits per heavy atom. The lowest BCUT2D eigenvalue weighted by atomic mass is 10.0. The number of amides is 1. The zero-order valence-corrected chi connectivity index (χ0v) is 12.5. The van der Waals surface area contributed by atoms with Crippen molar-refractivity contribution in [3.05, 3.63) is 53.6 Å². The second-order valence-electron chi connectivity index (χ2n) is 5.80. The second kappa shape index (κ2) is 5.72. The van der Waals surface area contributed by atoms with Crippen molar-refractivity contribution < 1.29 is 4.79 Å². The minimum absolute atomic E-state index is 0.146. The summed E-state index contributed by atoms with van der Waals surface area (Å²) in [5, 5.41) is 3.04. The summed E-state index contributed by atoms with van der Waals surface area (Å²) in [6.07, 6.45) is 5.45. The second-order valence-corrected chi connectivity index (χ2v) is 5.80. The SMILES string of the molecule is Cc1ccccc1C1CC1C(=O)NCCc1nccn1C. The lowest BCUT2D eigenvalue weighted by molar-refractivity contribution is -0.122. The number of aromatic nitrogens is 2. The Morgan fingerprint density at radius 1 is 1.43 bits per heavy atom. The van der Waals surface area contributed by atoms with Crippen molar-refractivity contribution in [2.75, 3.05) is 6.54 Å². The van der Waals surface area contributed by atoms with E-state index in [1.807, 2.05) is 23.9 Å². The maximum Gasteiger partial charge on any atom is 0.223 e. The lowest BCUT2D eigenvalue weighted by Gasteiger charge is -2.06. The highest BCUT2D eigenvalue weighted by atomic mass is 16.2. The molecule has 1 amide bonds. The number of hydrogen-bond acceptors (Lipinski definition) is 2. The number of carbonyl (C=O) groups is 1. The highest BCUT2D eigenvalue weighted by Gasteiger charge is 2.44. The van der Waals surface area contributed by atoms with Gasteiger partial charge in [0.2, 0.25) is 5.91 Å². The van der Waals surface area contributed by atoms with Crippen LogP contribution >= 0.6 is 0 Å². The van der Waals surface area contributed by atoms with Gasteiger partial charge >= 0.3 is 0 Å². The predicted octanol–water partition coefficient (Wildman–Crippen LogP) is 2.19. The molecule has 0 spiro atoms. The molecule has 1 aromatic carbocycles. The average molecular weight is 283 g/mol. The molecule has 21 heavy (non-hydrogen) atoms. The Kier molecular flexibility index (Phi) is 3.78. The fourth-order valence-corrected chi connectivity index (χ4v) is 2.90. The number of aryl methyl sites for hydroxylation is 2. The summed E-state index contributed by atoms with van der Waals surface area (Å²) in [5.74, 6) is 1.73. The van der Waals surface area contributed by atoms with Crippen molar-refractivity contribution >= 4 is 5.91 Å². The van der Waals surface area contributed by atoms with Gasteiger partial charge in [0.05, 0.1) is 0 Å². The fraction of sp³-hybridized carbons (Fsp3) is 0.412. The van der Waals surface area contributed by atoms with E-state index >= 15 is 0 Å². The van der Waals surface area contributed by atoms with Crippen molar-refractivity contribution in [1.82, 2.24) is 14.9 Å². The number of carbonyl (C=O) groups excluding carboxylic acids is 1. The molecular formula is C17H21N3O. The van der Waals surface area contributed by atoms with Crippen molar-refractivity contribution in [2.45, 2.75) is 25.7 Å². The summed E-state index contributed by atoms with van der Waals surface area (Å²) < 4.78 is 1.99. The van der Waals surface area contributed by atoms with Gasteiger partial charge in [0.1, 0.15) is 5.82 Å². The summed E-state index contributed by atoms with van der Waals surface area (Å²) in [5.41, 5.74) is 2.60. The maximum absolute atomic E-state index is 12.2. The minimum atomic E-state index is 0.146. The number of imidazole rings is 1. The molecule has 1 aliphatic rings. The lowest BCUT2D eigenvalue weighted by Crippen LogP contribution is -2.28. The Bertz CT molecular complexity index is 647. The zero-order valence-electron chi connectivity index (χ0n) is 12.5. The molecule has 1 saturated carbocycles. The fourth-order valence-electron chi connectivity index (χ4n) is 2.90. The molecule has 0 saturated heterocycles.